The van der Waals surface area contributed by atoms with Crippen LogP contribution in [0.5, 0.6) is 0 Å². The van der Waals surface area contributed by atoms with Crippen LogP contribution in [0.3, 0.4) is 0 Å². The predicted octanol–water partition coefficient (Wildman–Crippen LogP) is 0.761. The molecule has 1 saturated carbocycles. The van der Waals surface area contributed by atoms with E-state index in [-0.39, 0.29) is 17.5 Å². The van der Waals surface area contributed by atoms with Gasteiger partial charge in [-0.15, -0.1) is 0 Å². The summed E-state index contributed by atoms with van der Waals surface area (Å²) in [6, 6.07) is 0.579. The van der Waals surface area contributed by atoms with Gasteiger partial charge in [0.25, 0.3) is 0 Å². The Morgan fingerprint density at radius 3 is 2.76 bits per heavy atom. The van der Waals surface area contributed by atoms with E-state index in [0.717, 1.165) is 6.42 Å². The fraction of sp³-hybridized carbons (Fsp3) is 0.923. The minimum absolute atomic E-state index is 0.00505. The van der Waals surface area contributed by atoms with Crippen molar-refractivity contribution in [2.24, 2.45) is 11.7 Å². The van der Waals surface area contributed by atoms with Crippen LogP contribution in [-0.2, 0) is 4.79 Å². The van der Waals surface area contributed by atoms with Gasteiger partial charge >= 0.3 is 0 Å². The molecule has 0 aromatic heterocycles. The van der Waals surface area contributed by atoms with Gasteiger partial charge in [0.2, 0.25) is 5.91 Å². The molecule has 98 valence electrons. The third kappa shape index (κ3) is 3.42. The van der Waals surface area contributed by atoms with E-state index in [1.807, 2.05) is 13.8 Å². The Hall–Kier alpha value is -0.610. The van der Waals surface area contributed by atoms with Crippen LogP contribution >= 0.6 is 0 Å². The maximum atomic E-state index is 12.0. The van der Waals surface area contributed by atoms with E-state index >= 15 is 0 Å². The smallest absolute Gasteiger partial charge is 0.237 e. The molecule has 1 heterocycles. The maximum Gasteiger partial charge on any atom is 0.237 e. The lowest BCUT2D eigenvalue weighted by Crippen LogP contribution is -2.50. The Kier molecular flexibility index (Phi) is 3.73. The van der Waals surface area contributed by atoms with Gasteiger partial charge < -0.3 is 16.4 Å². The van der Waals surface area contributed by atoms with Crippen LogP contribution in [0.25, 0.3) is 0 Å². The largest absolute Gasteiger partial charge is 0.353 e. The molecule has 1 saturated heterocycles. The summed E-state index contributed by atoms with van der Waals surface area (Å²) in [7, 11) is 0. The molecule has 0 bridgehead atoms. The van der Waals surface area contributed by atoms with Crippen LogP contribution in [0, 0.1) is 5.92 Å². The van der Waals surface area contributed by atoms with Crippen molar-refractivity contribution in [1.29, 1.82) is 0 Å². The summed E-state index contributed by atoms with van der Waals surface area (Å²) in [6.45, 7) is 4.39. The van der Waals surface area contributed by atoms with Crippen molar-refractivity contribution in [3.8, 4) is 0 Å². The molecular weight excluding hydrogens is 214 g/mol. The number of hydrogen-bond donors (Lipinski definition) is 3. The van der Waals surface area contributed by atoms with Gasteiger partial charge in [0, 0.05) is 18.1 Å². The number of fused-ring (bicyclic) bond motifs is 1. The van der Waals surface area contributed by atoms with Crippen LogP contribution in [0.15, 0.2) is 0 Å². The molecule has 2 rings (SSSR count). The molecule has 3 atom stereocenters. The van der Waals surface area contributed by atoms with Gasteiger partial charge in [-0.2, -0.15) is 0 Å². The van der Waals surface area contributed by atoms with Crippen LogP contribution in [0.1, 0.15) is 46.0 Å². The molecule has 2 fully saturated rings. The van der Waals surface area contributed by atoms with E-state index < -0.39 is 0 Å². The Balaban J connectivity index is 1.81. The summed E-state index contributed by atoms with van der Waals surface area (Å²) < 4.78 is 0. The molecule has 4 heteroatoms. The van der Waals surface area contributed by atoms with Crippen molar-refractivity contribution in [2.75, 3.05) is 6.54 Å². The quantitative estimate of drug-likeness (QED) is 0.681. The number of amides is 1. The highest BCUT2D eigenvalue weighted by Gasteiger charge is 2.38. The Labute approximate surface area is 104 Å². The topological polar surface area (TPSA) is 67.1 Å². The molecule has 0 spiro atoms. The molecule has 3 unspecified atom stereocenters. The Morgan fingerprint density at radius 2 is 2.12 bits per heavy atom. The highest BCUT2D eigenvalue weighted by molar-refractivity contribution is 5.82. The first-order chi connectivity index (χ1) is 7.96. The highest BCUT2D eigenvalue weighted by atomic mass is 16.2. The van der Waals surface area contributed by atoms with Crippen LogP contribution in [0.2, 0.25) is 0 Å². The second kappa shape index (κ2) is 4.94. The maximum absolute atomic E-state index is 12.0. The Bertz CT molecular complexity index is 271. The van der Waals surface area contributed by atoms with Gasteiger partial charge in [-0.1, -0.05) is 12.8 Å². The first-order valence-corrected chi connectivity index (χ1v) is 6.78. The van der Waals surface area contributed by atoms with E-state index in [0.29, 0.717) is 18.5 Å². The predicted molar refractivity (Wildman–Crippen MR) is 68.6 cm³/mol. The first-order valence-electron chi connectivity index (χ1n) is 6.78. The summed E-state index contributed by atoms with van der Waals surface area (Å²) in [5.41, 5.74) is 5.53. The fourth-order valence-electron chi connectivity index (χ4n) is 2.96. The number of carbonyl (C=O) groups is 1. The average Bonchev–Trinajstić information content (AvgIpc) is 2.68. The molecule has 0 radical (unpaired) electrons. The molecule has 0 aromatic rings. The lowest BCUT2D eigenvalue weighted by Gasteiger charge is -2.24. The molecule has 1 amide bonds. The number of carbonyl (C=O) groups excluding carboxylic acids is 1. The van der Waals surface area contributed by atoms with Crippen molar-refractivity contribution >= 4 is 5.91 Å². The van der Waals surface area contributed by atoms with E-state index in [4.69, 9.17) is 5.73 Å². The summed E-state index contributed by atoms with van der Waals surface area (Å²) in [5.74, 6) is 0.836. The average molecular weight is 239 g/mol. The van der Waals surface area contributed by atoms with E-state index in [1.165, 1.54) is 25.7 Å². The van der Waals surface area contributed by atoms with Crippen LogP contribution < -0.4 is 16.4 Å². The van der Waals surface area contributed by atoms with E-state index in [1.54, 1.807) is 0 Å². The summed E-state index contributed by atoms with van der Waals surface area (Å²) in [4.78, 5) is 12.0. The highest BCUT2D eigenvalue weighted by Crippen LogP contribution is 2.33. The summed E-state index contributed by atoms with van der Waals surface area (Å²) in [5, 5.41) is 6.42. The van der Waals surface area contributed by atoms with Gasteiger partial charge in [0.1, 0.15) is 0 Å². The minimum atomic E-state index is -0.332. The third-order valence-electron chi connectivity index (χ3n) is 3.90. The minimum Gasteiger partial charge on any atom is -0.353 e. The zero-order chi connectivity index (χ0) is 12.5. The standard InChI is InChI=1S/C13H25N3O/c1-13(2,14)8-15-12(17)11-7-9-5-3-4-6-10(9)16-11/h9-11,16H,3-8,14H2,1-2H3,(H,15,17). The van der Waals surface area contributed by atoms with Crippen LogP contribution in [0.4, 0.5) is 0 Å². The van der Waals surface area contributed by atoms with E-state index in [2.05, 4.69) is 10.6 Å². The molecule has 17 heavy (non-hydrogen) atoms. The van der Waals surface area contributed by atoms with Gasteiger partial charge in [0.05, 0.1) is 6.04 Å². The monoisotopic (exact) mass is 239 g/mol. The lowest BCUT2D eigenvalue weighted by atomic mass is 9.85. The zero-order valence-corrected chi connectivity index (χ0v) is 11.0. The fourth-order valence-corrected chi connectivity index (χ4v) is 2.96. The molecule has 1 aliphatic carbocycles. The lowest BCUT2D eigenvalue weighted by molar-refractivity contribution is -0.123. The second-order valence-electron chi connectivity index (χ2n) is 6.31. The number of nitrogens with two attached hydrogens (primary N) is 1. The first kappa shape index (κ1) is 12.8. The van der Waals surface area contributed by atoms with Crippen molar-refractivity contribution in [2.45, 2.75) is 63.6 Å². The van der Waals surface area contributed by atoms with Gasteiger partial charge in [-0.05, 0) is 39.0 Å². The van der Waals surface area contributed by atoms with Gasteiger partial charge in [-0.25, -0.2) is 0 Å². The van der Waals surface area contributed by atoms with Gasteiger partial charge in [-0.3, -0.25) is 4.79 Å². The molecule has 4 nitrogen and oxygen atoms in total. The second-order valence-corrected chi connectivity index (χ2v) is 6.31. The number of nitrogens with one attached hydrogen (secondary N) is 2. The van der Waals surface area contributed by atoms with Gasteiger partial charge in [0.15, 0.2) is 0 Å². The van der Waals surface area contributed by atoms with Crippen molar-refractivity contribution in [3.63, 3.8) is 0 Å². The third-order valence-corrected chi connectivity index (χ3v) is 3.90. The normalized spacial score (nSPS) is 33.2. The number of hydrogen-bond acceptors (Lipinski definition) is 3. The van der Waals surface area contributed by atoms with Crippen molar-refractivity contribution in [3.05, 3.63) is 0 Å². The van der Waals surface area contributed by atoms with E-state index in [9.17, 15) is 4.79 Å². The van der Waals surface area contributed by atoms with Crippen LogP contribution in [-0.4, -0.2) is 30.1 Å². The number of rotatable bonds is 3. The molecule has 4 N–H and O–H groups in total. The molecule has 0 aromatic carbocycles. The zero-order valence-electron chi connectivity index (χ0n) is 11.0. The summed E-state index contributed by atoms with van der Waals surface area (Å²) in [6.07, 6.45) is 6.15. The van der Waals surface area contributed by atoms with Crippen molar-refractivity contribution < 1.29 is 4.79 Å². The molecule has 2 aliphatic rings. The Morgan fingerprint density at radius 1 is 1.41 bits per heavy atom. The summed E-state index contributed by atoms with van der Waals surface area (Å²) >= 11 is 0. The molecular formula is C13H25N3O. The SMILES string of the molecule is CC(C)(N)CNC(=O)C1CC2CCCCC2N1. The van der Waals surface area contributed by atoms with Crippen molar-refractivity contribution in [1.82, 2.24) is 10.6 Å². The molecule has 1 aliphatic heterocycles.